The third-order valence-corrected chi connectivity index (χ3v) is 2.88. The van der Waals surface area contributed by atoms with Crippen molar-refractivity contribution >= 4 is 11.6 Å². The third kappa shape index (κ3) is 2.25. The molecule has 2 N–H and O–H groups in total. The van der Waals surface area contributed by atoms with Gasteiger partial charge in [-0.2, -0.15) is 0 Å². The average molecular weight is 214 g/mol. The molecule has 0 amide bonds. The van der Waals surface area contributed by atoms with Gasteiger partial charge in [0.2, 0.25) is 0 Å². The minimum atomic E-state index is -0.248. The van der Waals surface area contributed by atoms with Gasteiger partial charge in [-0.15, -0.1) is 0 Å². The van der Waals surface area contributed by atoms with E-state index in [-0.39, 0.29) is 11.9 Å². The van der Waals surface area contributed by atoms with Crippen LogP contribution < -0.4 is 5.73 Å². The number of halogens is 2. The topological polar surface area (TPSA) is 26.0 Å². The highest BCUT2D eigenvalue weighted by Crippen LogP contribution is 2.37. The van der Waals surface area contributed by atoms with Crippen molar-refractivity contribution in [1.29, 1.82) is 0 Å². The number of nitrogens with two attached hydrogens (primary N) is 1. The highest BCUT2D eigenvalue weighted by molar-refractivity contribution is 6.30. The van der Waals surface area contributed by atoms with Gasteiger partial charge in [0, 0.05) is 16.6 Å². The van der Waals surface area contributed by atoms with E-state index in [0.717, 1.165) is 6.42 Å². The van der Waals surface area contributed by atoms with Gasteiger partial charge in [0.25, 0.3) is 0 Å². The van der Waals surface area contributed by atoms with Crippen molar-refractivity contribution in [2.45, 2.75) is 25.3 Å². The average Bonchev–Trinajstić information content (AvgIpc) is 2.93. The molecule has 76 valence electrons. The second-order valence-corrected chi connectivity index (χ2v) is 4.39. The maximum atomic E-state index is 13.4. The molecule has 1 aliphatic rings. The molecule has 1 fully saturated rings. The molecule has 0 radical (unpaired) electrons. The van der Waals surface area contributed by atoms with Gasteiger partial charge in [0.1, 0.15) is 5.82 Å². The fourth-order valence-corrected chi connectivity index (χ4v) is 1.82. The molecule has 0 aromatic heterocycles. The predicted octanol–water partition coefficient (Wildman–Crippen LogP) is 3.28. The van der Waals surface area contributed by atoms with Crippen molar-refractivity contribution < 1.29 is 4.39 Å². The summed E-state index contributed by atoms with van der Waals surface area (Å²) in [6.45, 7) is 0. The molecule has 1 saturated carbocycles. The molecule has 14 heavy (non-hydrogen) atoms. The lowest BCUT2D eigenvalue weighted by molar-refractivity contribution is 0.543. The minimum Gasteiger partial charge on any atom is -0.324 e. The summed E-state index contributed by atoms with van der Waals surface area (Å²) < 4.78 is 13.4. The van der Waals surface area contributed by atoms with Gasteiger partial charge in [-0.05, 0) is 30.5 Å². The Balaban J connectivity index is 2.15. The van der Waals surface area contributed by atoms with Crippen LogP contribution >= 0.6 is 11.6 Å². The van der Waals surface area contributed by atoms with Crippen molar-refractivity contribution in [2.24, 2.45) is 11.7 Å². The van der Waals surface area contributed by atoms with Crippen molar-refractivity contribution in [3.05, 3.63) is 34.6 Å². The maximum absolute atomic E-state index is 13.4. The number of rotatable bonds is 3. The molecule has 1 aromatic carbocycles. The van der Waals surface area contributed by atoms with Crippen molar-refractivity contribution in [3.8, 4) is 0 Å². The van der Waals surface area contributed by atoms with Crippen LogP contribution in [-0.2, 0) is 0 Å². The Morgan fingerprint density at radius 1 is 1.50 bits per heavy atom. The summed E-state index contributed by atoms with van der Waals surface area (Å²) in [4.78, 5) is 0. The van der Waals surface area contributed by atoms with Gasteiger partial charge >= 0.3 is 0 Å². The standard InChI is InChI=1S/C11H13ClFN/c12-8-3-4-10(13)9(6-8)11(14)5-7-1-2-7/h3-4,6-7,11H,1-2,5,14H2. The Hall–Kier alpha value is -0.600. The SMILES string of the molecule is NC(CC1CC1)c1cc(Cl)ccc1F. The molecular weight excluding hydrogens is 201 g/mol. The van der Waals surface area contributed by atoms with Gasteiger partial charge in [0.15, 0.2) is 0 Å². The largest absolute Gasteiger partial charge is 0.324 e. The molecule has 0 spiro atoms. The van der Waals surface area contributed by atoms with Crippen LogP contribution in [-0.4, -0.2) is 0 Å². The quantitative estimate of drug-likeness (QED) is 0.820. The second kappa shape index (κ2) is 3.87. The first-order valence-corrected chi connectivity index (χ1v) is 5.25. The lowest BCUT2D eigenvalue weighted by Crippen LogP contribution is -2.12. The van der Waals surface area contributed by atoms with E-state index < -0.39 is 0 Å². The van der Waals surface area contributed by atoms with E-state index in [9.17, 15) is 4.39 Å². The fraction of sp³-hybridized carbons (Fsp3) is 0.455. The molecule has 1 atom stereocenters. The first kappa shape index (κ1) is 9.94. The molecule has 3 heteroatoms. The smallest absolute Gasteiger partial charge is 0.128 e. The molecule has 1 aliphatic carbocycles. The lowest BCUT2D eigenvalue weighted by atomic mass is 10.0. The first-order chi connectivity index (χ1) is 6.66. The molecule has 0 aliphatic heterocycles. The first-order valence-electron chi connectivity index (χ1n) is 4.87. The van der Waals surface area contributed by atoms with E-state index in [1.165, 1.54) is 18.9 Å². The Morgan fingerprint density at radius 3 is 2.86 bits per heavy atom. The Kier molecular flexibility index (Phi) is 2.75. The molecule has 2 rings (SSSR count). The van der Waals surface area contributed by atoms with Crippen LogP contribution in [0.5, 0.6) is 0 Å². The van der Waals surface area contributed by atoms with Crippen molar-refractivity contribution in [3.63, 3.8) is 0 Å². The molecule has 0 saturated heterocycles. The fourth-order valence-electron chi connectivity index (χ4n) is 1.64. The number of hydrogen-bond donors (Lipinski definition) is 1. The van der Waals surface area contributed by atoms with Crippen LogP contribution in [0.15, 0.2) is 18.2 Å². The van der Waals surface area contributed by atoms with Gasteiger partial charge in [-0.25, -0.2) is 4.39 Å². The zero-order chi connectivity index (χ0) is 10.1. The van der Waals surface area contributed by atoms with E-state index >= 15 is 0 Å². The third-order valence-electron chi connectivity index (χ3n) is 2.64. The van der Waals surface area contributed by atoms with Gasteiger partial charge in [-0.1, -0.05) is 24.4 Å². The van der Waals surface area contributed by atoms with E-state index in [0.29, 0.717) is 16.5 Å². The summed E-state index contributed by atoms with van der Waals surface area (Å²) in [7, 11) is 0. The summed E-state index contributed by atoms with van der Waals surface area (Å²) in [6, 6.07) is 4.35. The summed E-state index contributed by atoms with van der Waals surface area (Å²) in [5, 5.41) is 0.549. The molecule has 1 nitrogen and oxygen atoms in total. The van der Waals surface area contributed by atoms with Gasteiger partial charge in [0.05, 0.1) is 0 Å². The van der Waals surface area contributed by atoms with E-state index in [1.807, 2.05) is 0 Å². The van der Waals surface area contributed by atoms with Crippen molar-refractivity contribution in [2.75, 3.05) is 0 Å². The zero-order valence-corrected chi connectivity index (χ0v) is 8.60. The summed E-state index contributed by atoms with van der Waals surface area (Å²) >= 11 is 5.79. The minimum absolute atomic E-state index is 0.207. The van der Waals surface area contributed by atoms with Crippen LogP contribution in [0.1, 0.15) is 30.9 Å². The highest BCUT2D eigenvalue weighted by atomic mass is 35.5. The van der Waals surface area contributed by atoms with E-state index in [1.54, 1.807) is 12.1 Å². The predicted molar refractivity (Wildman–Crippen MR) is 55.7 cm³/mol. The molecular formula is C11H13ClFN. The molecule has 1 unspecified atom stereocenters. The van der Waals surface area contributed by atoms with Gasteiger partial charge < -0.3 is 5.73 Å². The van der Waals surface area contributed by atoms with Crippen LogP contribution in [0, 0.1) is 11.7 Å². The number of benzene rings is 1. The van der Waals surface area contributed by atoms with E-state index in [4.69, 9.17) is 17.3 Å². The Labute approximate surface area is 88.1 Å². The van der Waals surface area contributed by atoms with Crippen LogP contribution in [0.3, 0.4) is 0 Å². The zero-order valence-electron chi connectivity index (χ0n) is 7.84. The monoisotopic (exact) mass is 213 g/mol. The van der Waals surface area contributed by atoms with E-state index in [2.05, 4.69) is 0 Å². The summed E-state index contributed by atoms with van der Waals surface area (Å²) in [6.07, 6.45) is 3.34. The second-order valence-electron chi connectivity index (χ2n) is 3.95. The Bertz CT molecular complexity index is 336. The van der Waals surface area contributed by atoms with Gasteiger partial charge in [-0.3, -0.25) is 0 Å². The van der Waals surface area contributed by atoms with Crippen LogP contribution in [0.2, 0.25) is 5.02 Å². The summed E-state index contributed by atoms with van der Waals surface area (Å²) in [5.74, 6) is 0.450. The normalized spacial score (nSPS) is 18.2. The highest BCUT2D eigenvalue weighted by Gasteiger charge is 2.25. The molecule has 0 bridgehead atoms. The summed E-state index contributed by atoms with van der Waals surface area (Å²) in [5.41, 5.74) is 6.45. The maximum Gasteiger partial charge on any atom is 0.128 e. The molecule has 1 aromatic rings. The van der Waals surface area contributed by atoms with Crippen molar-refractivity contribution in [1.82, 2.24) is 0 Å². The molecule has 0 heterocycles. The van der Waals surface area contributed by atoms with Crippen LogP contribution in [0.4, 0.5) is 4.39 Å². The number of hydrogen-bond acceptors (Lipinski definition) is 1. The lowest BCUT2D eigenvalue weighted by Gasteiger charge is -2.12. The Morgan fingerprint density at radius 2 is 2.21 bits per heavy atom. The van der Waals surface area contributed by atoms with Crippen LogP contribution in [0.25, 0.3) is 0 Å².